The predicted molar refractivity (Wildman–Crippen MR) is 103 cm³/mol. The van der Waals surface area contributed by atoms with Crippen molar-refractivity contribution in [2.45, 2.75) is 41.2 Å². The van der Waals surface area contributed by atoms with E-state index in [1.807, 2.05) is 47.8 Å². The zero-order chi connectivity index (χ0) is 15.8. The van der Waals surface area contributed by atoms with E-state index >= 15 is 0 Å². The standard InChI is InChI=1S/C18H20Cl2S2/c1-2-3-4-18(22-17-11-7-15(20)8-12-17)13-21-16-9-5-14(19)6-10-16/h5-12,18H,2-4,13H2,1H3. The predicted octanol–water partition coefficient (Wildman–Crippen LogP) is 7.44. The highest BCUT2D eigenvalue weighted by Crippen LogP contribution is 2.32. The Balaban J connectivity index is 1.93. The molecule has 0 bridgehead atoms. The topological polar surface area (TPSA) is 0 Å². The highest BCUT2D eigenvalue weighted by Gasteiger charge is 2.11. The van der Waals surface area contributed by atoms with Crippen molar-refractivity contribution in [1.82, 2.24) is 0 Å². The zero-order valence-corrected chi connectivity index (χ0v) is 15.7. The molecule has 0 radical (unpaired) electrons. The molecule has 2 aromatic carbocycles. The fraction of sp³-hybridized carbons (Fsp3) is 0.333. The fourth-order valence-electron chi connectivity index (χ4n) is 2.03. The lowest BCUT2D eigenvalue weighted by molar-refractivity contribution is 0.717. The van der Waals surface area contributed by atoms with Crippen LogP contribution in [-0.4, -0.2) is 11.0 Å². The number of thioether (sulfide) groups is 2. The molecule has 2 rings (SSSR count). The summed E-state index contributed by atoms with van der Waals surface area (Å²) in [6.07, 6.45) is 3.75. The first-order valence-corrected chi connectivity index (χ1v) is 10.1. The average Bonchev–Trinajstić information content (AvgIpc) is 2.53. The molecule has 0 spiro atoms. The molecule has 4 heteroatoms. The van der Waals surface area contributed by atoms with E-state index in [0.717, 1.165) is 15.8 Å². The van der Waals surface area contributed by atoms with Gasteiger partial charge in [-0.05, 0) is 55.0 Å². The van der Waals surface area contributed by atoms with Gasteiger partial charge in [-0.25, -0.2) is 0 Å². The molecule has 0 aliphatic carbocycles. The first-order valence-electron chi connectivity index (χ1n) is 7.48. The largest absolute Gasteiger partial charge is 0.125 e. The van der Waals surface area contributed by atoms with E-state index in [-0.39, 0.29) is 0 Å². The molecule has 0 amide bonds. The van der Waals surface area contributed by atoms with Gasteiger partial charge in [-0.2, -0.15) is 0 Å². The van der Waals surface area contributed by atoms with Gasteiger partial charge < -0.3 is 0 Å². The normalized spacial score (nSPS) is 12.3. The molecule has 0 saturated heterocycles. The summed E-state index contributed by atoms with van der Waals surface area (Å²) in [5.74, 6) is 1.11. The van der Waals surface area contributed by atoms with E-state index in [1.165, 1.54) is 29.1 Å². The molecular formula is C18H20Cl2S2. The SMILES string of the molecule is CCCCC(CSc1ccc(Cl)cc1)Sc1ccc(Cl)cc1. The second kappa shape index (κ2) is 9.77. The average molecular weight is 371 g/mol. The molecule has 0 aliphatic rings. The minimum atomic E-state index is 0.613. The highest BCUT2D eigenvalue weighted by molar-refractivity contribution is 8.03. The number of unbranched alkanes of at least 4 members (excludes halogenated alkanes) is 1. The summed E-state index contributed by atoms with van der Waals surface area (Å²) >= 11 is 15.8. The van der Waals surface area contributed by atoms with Crippen molar-refractivity contribution < 1.29 is 0 Å². The van der Waals surface area contributed by atoms with Gasteiger partial charge >= 0.3 is 0 Å². The van der Waals surface area contributed by atoms with Crippen LogP contribution >= 0.6 is 46.7 Å². The van der Waals surface area contributed by atoms with Crippen LogP contribution in [0.5, 0.6) is 0 Å². The number of halogens is 2. The zero-order valence-electron chi connectivity index (χ0n) is 12.6. The molecule has 1 atom stereocenters. The lowest BCUT2D eigenvalue weighted by Crippen LogP contribution is -2.06. The number of hydrogen-bond acceptors (Lipinski definition) is 2. The van der Waals surface area contributed by atoms with Crippen LogP contribution in [0.25, 0.3) is 0 Å². The van der Waals surface area contributed by atoms with Gasteiger partial charge in [0.15, 0.2) is 0 Å². The lowest BCUT2D eigenvalue weighted by Gasteiger charge is -2.16. The van der Waals surface area contributed by atoms with Gasteiger partial charge in [-0.15, -0.1) is 23.5 Å². The molecular weight excluding hydrogens is 351 g/mol. The minimum Gasteiger partial charge on any atom is -0.125 e. The van der Waals surface area contributed by atoms with Gasteiger partial charge in [0.25, 0.3) is 0 Å². The summed E-state index contributed by atoms with van der Waals surface area (Å²) in [4.78, 5) is 2.57. The van der Waals surface area contributed by atoms with Gasteiger partial charge in [-0.1, -0.05) is 43.0 Å². The van der Waals surface area contributed by atoms with Gasteiger partial charge in [0, 0.05) is 30.8 Å². The van der Waals surface area contributed by atoms with E-state index in [0.29, 0.717) is 5.25 Å². The Morgan fingerprint density at radius 1 is 0.864 bits per heavy atom. The molecule has 0 aliphatic heterocycles. The molecule has 0 fully saturated rings. The van der Waals surface area contributed by atoms with Crippen LogP contribution in [0.2, 0.25) is 10.0 Å². The minimum absolute atomic E-state index is 0.613. The Morgan fingerprint density at radius 3 is 1.95 bits per heavy atom. The quantitative estimate of drug-likeness (QED) is 0.442. The van der Waals surface area contributed by atoms with Crippen LogP contribution in [0.3, 0.4) is 0 Å². The molecule has 22 heavy (non-hydrogen) atoms. The monoisotopic (exact) mass is 370 g/mol. The second-order valence-electron chi connectivity index (χ2n) is 5.10. The van der Waals surface area contributed by atoms with E-state index in [9.17, 15) is 0 Å². The number of hydrogen-bond donors (Lipinski definition) is 0. The van der Waals surface area contributed by atoms with Crippen molar-refractivity contribution in [2.75, 3.05) is 5.75 Å². The molecule has 118 valence electrons. The maximum atomic E-state index is 5.96. The Hall–Kier alpha value is -0.280. The number of benzene rings is 2. The van der Waals surface area contributed by atoms with Gasteiger partial charge in [0.2, 0.25) is 0 Å². The van der Waals surface area contributed by atoms with Crippen molar-refractivity contribution in [3.8, 4) is 0 Å². The summed E-state index contributed by atoms with van der Waals surface area (Å²) in [5.41, 5.74) is 0. The number of rotatable bonds is 8. The molecule has 1 unspecified atom stereocenters. The molecule has 0 saturated carbocycles. The summed E-state index contributed by atoms with van der Waals surface area (Å²) in [7, 11) is 0. The Kier molecular flexibility index (Phi) is 8.02. The summed E-state index contributed by atoms with van der Waals surface area (Å²) in [6, 6.07) is 16.3. The smallest absolute Gasteiger partial charge is 0.0406 e. The molecule has 0 aromatic heterocycles. The molecule has 2 aromatic rings. The van der Waals surface area contributed by atoms with Crippen LogP contribution in [0.4, 0.5) is 0 Å². The summed E-state index contributed by atoms with van der Waals surface area (Å²) in [6.45, 7) is 2.25. The van der Waals surface area contributed by atoms with E-state index in [2.05, 4.69) is 31.2 Å². The van der Waals surface area contributed by atoms with Gasteiger partial charge in [0.1, 0.15) is 0 Å². The summed E-state index contributed by atoms with van der Waals surface area (Å²) < 4.78 is 0. The van der Waals surface area contributed by atoms with Crippen molar-refractivity contribution >= 4 is 46.7 Å². The second-order valence-corrected chi connectivity index (χ2v) is 8.44. The van der Waals surface area contributed by atoms with Gasteiger partial charge in [-0.3, -0.25) is 0 Å². The van der Waals surface area contributed by atoms with Crippen molar-refractivity contribution in [3.05, 3.63) is 58.6 Å². The van der Waals surface area contributed by atoms with Crippen LogP contribution in [0.15, 0.2) is 58.3 Å². The first-order chi connectivity index (χ1) is 10.7. The van der Waals surface area contributed by atoms with Crippen LogP contribution in [-0.2, 0) is 0 Å². The fourth-order valence-corrected chi connectivity index (χ4v) is 4.60. The van der Waals surface area contributed by atoms with Crippen molar-refractivity contribution in [1.29, 1.82) is 0 Å². The van der Waals surface area contributed by atoms with Crippen LogP contribution < -0.4 is 0 Å². The third-order valence-electron chi connectivity index (χ3n) is 3.25. The van der Waals surface area contributed by atoms with Crippen LogP contribution in [0.1, 0.15) is 26.2 Å². The van der Waals surface area contributed by atoms with Gasteiger partial charge in [0.05, 0.1) is 0 Å². The Morgan fingerprint density at radius 2 is 1.41 bits per heavy atom. The molecule has 0 heterocycles. The Labute approximate surface area is 152 Å². The summed E-state index contributed by atoms with van der Waals surface area (Å²) in [5, 5.41) is 2.20. The van der Waals surface area contributed by atoms with E-state index in [4.69, 9.17) is 23.2 Å². The van der Waals surface area contributed by atoms with E-state index < -0.39 is 0 Å². The van der Waals surface area contributed by atoms with Crippen LogP contribution in [0, 0.1) is 0 Å². The highest BCUT2D eigenvalue weighted by atomic mass is 35.5. The third kappa shape index (κ3) is 6.45. The first kappa shape index (κ1) is 18.1. The van der Waals surface area contributed by atoms with Crippen molar-refractivity contribution in [2.24, 2.45) is 0 Å². The maximum Gasteiger partial charge on any atom is 0.0406 e. The Bertz CT molecular complexity index is 552. The maximum absolute atomic E-state index is 5.96. The van der Waals surface area contributed by atoms with E-state index in [1.54, 1.807) is 0 Å². The molecule has 0 nitrogen and oxygen atoms in total. The lowest BCUT2D eigenvalue weighted by atomic mass is 10.2. The third-order valence-corrected chi connectivity index (χ3v) is 6.42. The molecule has 0 N–H and O–H groups in total. The van der Waals surface area contributed by atoms with Crippen molar-refractivity contribution in [3.63, 3.8) is 0 Å².